The average Bonchev–Trinajstić information content (AvgIpc) is 3.16. The molecule has 0 aliphatic carbocycles. The highest BCUT2D eigenvalue weighted by atomic mass is 16.5. The molecule has 136 valence electrons. The number of guanidine groups is 1. The Balaban J connectivity index is 1.67. The van der Waals surface area contributed by atoms with E-state index in [0.717, 1.165) is 42.5 Å². The van der Waals surface area contributed by atoms with Gasteiger partial charge in [0, 0.05) is 19.7 Å². The molecule has 0 aliphatic rings. The number of nitrogens with one attached hydrogen (secondary N) is 2. The summed E-state index contributed by atoms with van der Waals surface area (Å²) in [5.41, 5.74) is 1.14. The second-order valence-electron chi connectivity index (χ2n) is 5.46. The van der Waals surface area contributed by atoms with Gasteiger partial charge in [-0.1, -0.05) is 12.1 Å². The SMILES string of the molecule is CCNC(=NCc1ccc(OC)cc1)NCCCOCc1ccco1. The van der Waals surface area contributed by atoms with Gasteiger partial charge in [0.05, 0.1) is 19.9 Å². The van der Waals surface area contributed by atoms with Gasteiger partial charge in [0.2, 0.25) is 0 Å². The van der Waals surface area contributed by atoms with Crippen molar-refractivity contribution in [3.05, 3.63) is 54.0 Å². The van der Waals surface area contributed by atoms with Crippen LogP contribution in [0.5, 0.6) is 5.75 Å². The minimum atomic E-state index is 0.513. The molecule has 0 spiro atoms. The second-order valence-corrected chi connectivity index (χ2v) is 5.46. The van der Waals surface area contributed by atoms with Gasteiger partial charge in [-0.25, -0.2) is 4.99 Å². The molecule has 0 radical (unpaired) electrons. The van der Waals surface area contributed by atoms with Crippen molar-refractivity contribution in [2.75, 3.05) is 26.8 Å². The standard InChI is InChI=1S/C19H27N3O3/c1-3-20-19(22-14-16-7-9-17(23-2)10-8-16)21-11-5-12-24-15-18-6-4-13-25-18/h4,6-10,13H,3,5,11-12,14-15H2,1-2H3,(H2,20,21,22). The van der Waals surface area contributed by atoms with Gasteiger partial charge in [-0.3, -0.25) is 0 Å². The Morgan fingerprint density at radius 3 is 2.68 bits per heavy atom. The van der Waals surface area contributed by atoms with E-state index < -0.39 is 0 Å². The lowest BCUT2D eigenvalue weighted by Crippen LogP contribution is -2.38. The summed E-state index contributed by atoms with van der Waals surface area (Å²) >= 11 is 0. The number of aliphatic imine (C=N–C) groups is 1. The summed E-state index contributed by atoms with van der Waals surface area (Å²) in [5.74, 6) is 2.51. The van der Waals surface area contributed by atoms with E-state index >= 15 is 0 Å². The fourth-order valence-corrected chi connectivity index (χ4v) is 2.19. The fourth-order valence-electron chi connectivity index (χ4n) is 2.19. The molecule has 2 rings (SSSR count). The summed E-state index contributed by atoms with van der Waals surface area (Å²) in [6.07, 6.45) is 2.55. The van der Waals surface area contributed by atoms with Crippen molar-refractivity contribution < 1.29 is 13.9 Å². The van der Waals surface area contributed by atoms with Crippen LogP contribution in [0.25, 0.3) is 0 Å². The molecule has 0 aliphatic heterocycles. The highest BCUT2D eigenvalue weighted by molar-refractivity contribution is 5.79. The Morgan fingerprint density at radius 2 is 2.00 bits per heavy atom. The van der Waals surface area contributed by atoms with Crippen molar-refractivity contribution in [1.29, 1.82) is 0 Å². The van der Waals surface area contributed by atoms with Gasteiger partial charge in [-0.15, -0.1) is 0 Å². The molecule has 1 aromatic carbocycles. The van der Waals surface area contributed by atoms with Crippen molar-refractivity contribution in [2.24, 2.45) is 4.99 Å². The Kier molecular flexibility index (Phi) is 8.41. The lowest BCUT2D eigenvalue weighted by molar-refractivity contribution is 0.105. The second kappa shape index (κ2) is 11.1. The monoisotopic (exact) mass is 345 g/mol. The molecule has 6 nitrogen and oxygen atoms in total. The van der Waals surface area contributed by atoms with E-state index in [1.807, 2.05) is 36.4 Å². The molecule has 2 aromatic rings. The normalized spacial score (nSPS) is 11.4. The van der Waals surface area contributed by atoms with Gasteiger partial charge in [0.15, 0.2) is 5.96 Å². The van der Waals surface area contributed by atoms with E-state index in [2.05, 4.69) is 22.5 Å². The summed E-state index contributed by atoms with van der Waals surface area (Å²) < 4.78 is 16.0. The van der Waals surface area contributed by atoms with E-state index in [1.165, 1.54) is 0 Å². The van der Waals surface area contributed by atoms with Crippen molar-refractivity contribution in [1.82, 2.24) is 10.6 Å². The third-order valence-corrected chi connectivity index (χ3v) is 3.51. The van der Waals surface area contributed by atoms with Crippen LogP contribution in [0.3, 0.4) is 0 Å². The van der Waals surface area contributed by atoms with Gasteiger partial charge in [0.1, 0.15) is 18.1 Å². The first-order valence-corrected chi connectivity index (χ1v) is 8.57. The maximum atomic E-state index is 5.57. The first-order valence-electron chi connectivity index (χ1n) is 8.57. The quantitative estimate of drug-likeness (QED) is 0.394. The third-order valence-electron chi connectivity index (χ3n) is 3.51. The molecule has 1 heterocycles. The van der Waals surface area contributed by atoms with Crippen LogP contribution in [0.2, 0.25) is 0 Å². The van der Waals surface area contributed by atoms with Crippen LogP contribution in [0.15, 0.2) is 52.1 Å². The van der Waals surface area contributed by atoms with E-state index in [-0.39, 0.29) is 0 Å². The topological polar surface area (TPSA) is 68.0 Å². The first kappa shape index (κ1) is 18.9. The van der Waals surface area contributed by atoms with Crippen molar-refractivity contribution in [3.63, 3.8) is 0 Å². The molecule has 0 fully saturated rings. The van der Waals surface area contributed by atoms with Crippen LogP contribution in [0.1, 0.15) is 24.7 Å². The number of furan rings is 1. The highest BCUT2D eigenvalue weighted by Crippen LogP contribution is 2.11. The van der Waals surface area contributed by atoms with E-state index in [9.17, 15) is 0 Å². The summed E-state index contributed by atoms with van der Waals surface area (Å²) in [7, 11) is 1.67. The minimum Gasteiger partial charge on any atom is -0.497 e. The molecule has 6 heteroatoms. The van der Waals surface area contributed by atoms with Gasteiger partial charge in [0.25, 0.3) is 0 Å². The van der Waals surface area contributed by atoms with Crippen LogP contribution in [-0.2, 0) is 17.9 Å². The molecule has 0 saturated carbocycles. The van der Waals surface area contributed by atoms with Crippen LogP contribution in [0, 0.1) is 0 Å². The summed E-state index contributed by atoms with van der Waals surface area (Å²) in [5, 5.41) is 6.56. The van der Waals surface area contributed by atoms with Crippen LogP contribution in [-0.4, -0.2) is 32.8 Å². The summed E-state index contributed by atoms with van der Waals surface area (Å²) in [4.78, 5) is 4.60. The van der Waals surface area contributed by atoms with E-state index in [1.54, 1.807) is 13.4 Å². The lowest BCUT2D eigenvalue weighted by Gasteiger charge is -2.11. The predicted molar refractivity (Wildman–Crippen MR) is 98.8 cm³/mol. The fraction of sp³-hybridized carbons (Fsp3) is 0.421. The van der Waals surface area contributed by atoms with Gasteiger partial charge in [-0.05, 0) is 43.2 Å². The molecule has 1 aromatic heterocycles. The minimum absolute atomic E-state index is 0.513. The molecule has 0 unspecified atom stereocenters. The number of hydrogen-bond acceptors (Lipinski definition) is 4. The van der Waals surface area contributed by atoms with Crippen molar-refractivity contribution in [3.8, 4) is 5.75 Å². The number of ether oxygens (including phenoxy) is 2. The zero-order chi connectivity index (χ0) is 17.7. The van der Waals surface area contributed by atoms with E-state index in [4.69, 9.17) is 13.9 Å². The smallest absolute Gasteiger partial charge is 0.191 e. The first-order chi connectivity index (χ1) is 12.3. The molecule has 0 bridgehead atoms. The molecular weight excluding hydrogens is 318 g/mol. The number of hydrogen-bond donors (Lipinski definition) is 2. The molecule has 0 saturated heterocycles. The average molecular weight is 345 g/mol. The van der Waals surface area contributed by atoms with Crippen LogP contribution in [0.4, 0.5) is 0 Å². The lowest BCUT2D eigenvalue weighted by atomic mass is 10.2. The van der Waals surface area contributed by atoms with Gasteiger partial charge < -0.3 is 24.5 Å². The van der Waals surface area contributed by atoms with Crippen LogP contribution < -0.4 is 15.4 Å². The predicted octanol–water partition coefficient (Wildman–Crippen LogP) is 2.95. The number of nitrogens with zero attached hydrogens (tertiary/aromatic N) is 1. The molecule has 2 N–H and O–H groups in total. The molecular formula is C19H27N3O3. The highest BCUT2D eigenvalue weighted by Gasteiger charge is 1.99. The van der Waals surface area contributed by atoms with Gasteiger partial charge >= 0.3 is 0 Å². The Labute approximate surface area is 149 Å². The number of methoxy groups -OCH3 is 1. The summed E-state index contributed by atoms with van der Waals surface area (Å²) in [6.45, 7) is 5.48. The largest absolute Gasteiger partial charge is 0.497 e. The number of rotatable bonds is 10. The Morgan fingerprint density at radius 1 is 1.16 bits per heavy atom. The number of benzene rings is 1. The molecule has 0 atom stereocenters. The zero-order valence-corrected chi connectivity index (χ0v) is 15.0. The molecule has 25 heavy (non-hydrogen) atoms. The van der Waals surface area contributed by atoms with Crippen molar-refractivity contribution >= 4 is 5.96 Å². The molecule has 0 amide bonds. The van der Waals surface area contributed by atoms with E-state index in [0.29, 0.717) is 19.8 Å². The van der Waals surface area contributed by atoms with Crippen LogP contribution >= 0.6 is 0 Å². The Bertz CT molecular complexity index is 609. The zero-order valence-electron chi connectivity index (χ0n) is 15.0. The van der Waals surface area contributed by atoms with Gasteiger partial charge in [-0.2, -0.15) is 0 Å². The summed E-state index contributed by atoms with van der Waals surface area (Å²) in [6, 6.07) is 11.7. The maximum Gasteiger partial charge on any atom is 0.191 e. The maximum absolute atomic E-state index is 5.57. The third kappa shape index (κ3) is 7.30. The van der Waals surface area contributed by atoms with Crippen molar-refractivity contribution in [2.45, 2.75) is 26.5 Å². The Hall–Kier alpha value is -2.47.